The average Bonchev–Trinajstić information content (AvgIpc) is 2.93. The number of thioether (sulfide) groups is 2. The molecule has 2 heterocycles. The first-order valence-electron chi connectivity index (χ1n) is 11.5. The van der Waals surface area contributed by atoms with Crippen molar-refractivity contribution in [1.82, 2.24) is 10.2 Å². The van der Waals surface area contributed by atoms with E-state index in [1.807, 2.05) is 97.1 Å². The van der Waals surface area contributed by atoms with Gasteiger partial charge in [-0.25, -0.2) is 4.79 Å². The Morgan fingerprint density at radius 3 is 1.94 bits per heavy atom. The van der Waals surface area contributed by atoms with Crippen LogP contribution in [0.3, 0.4) is 0 Å². The standard InChI is InChI=1S/C28H23N3O3S2/c29-16-17-35-27-24(26(33)34)31-22(18-36-27)23(25(31)32)30-28(19-10-4-1-5-11-19,20-12-6-2-7-13-20)21-14-8-3-9-15-21/h1-15,22-23,30H,17-18H2,(H,33,34). The number of nitriles is 1. The van der Waals surface area contributed by atoms with Gasteiger partial charge in [0.15, 0.2) is 5.70 Å². The number of nitrogens with zero attached hydrogens (tertiary/aromatic N) is 2. The Morgan fingerprint density at radius 1 is 1.00 bits per heavy atom. The number of carbonyl (C=O) groups excluding carboxylic acids is 1. The van der Waals surface area contributed by atoms with E-state index in [1.165, 1.54) is 28.4 Å². The quantitative estimate of drug-likeness (QED) is 0.341. The normalized spacial score (nSPS) is 19.3. The Kier molecular flexibility index (Phi) is 6.88. The van der Waals surface area contributed by atoms with Crippen LogP contribution in [-0.4, -0.2) is 45.5 Å². The zero-order valence-electron chi connectivity index (χ0n) is 19.2. The molecule has 3 aromatic rings. The van der Waals surface area contributed by atoms with Crippen molar-refractivity contribution in [3.63, 3.8) is 0 Å². The molecule has 8 heteroatoms. The van der Waals surface area contributed by atoms with Gasteiger partial charge in [0.25, 0.3) is 0 Å². The highest BCUT2D eigenvalue weighted by Crippen LogP contribution is 2.46. The highest BCUT2D eigenvalue weighted by Gasteiger charge is 2.56. The van der Waals surface area contributed by atoms with Crippen LogP contribution >= 0.6 is 23.5 Å². The Morgan fingerprint density at radius 2 is 1.50 bits per heavy atom. The van der Waals surface area contributed by atoms with E-state index < -0.39 is 17.6 Å². The maximum atomic E-state index is 13.6. The van der Waals surface area contributed by atoms with Gasteiger partial charge in [-0.15, -0.1) is 23.5 Å². The Hall–Kier alpha value is -3.51. The summed E-state index contributed by atoms with van der Waals surface area (Å²) in [4.78, 5) is 27.1. The smallest absolute Gasteiger partial charge is 0.354 e. The van der Waals surface area contributed by atoms with Gasteiger partial charge < -0.3 is 5.11 Å². The molecule has 180 valence electrons. The number of hydrogen-bond acceptors (Lipinski definition) is 6. The van der Waals surface area contributed by atoms with Gasteiger partial charge in [0, 0.05) is 5.75 Å². The lowest BCUT2D eigenvalue weighted by Crippen LogP contribution is -2.74. The molecular weight excluding hydrogens is 490 g/mol. The van der Waals surface area contributed by atoms with E-state index in [0.717, 1.165) is 16.7 Å². The second-order valence-electron chi connectivity index (χ2n) is 8.44. The minimum atomic E-state index is -1.15. The third-order valence-electron chi connectivity index (χ3n) is 6.50. The predicted molar refractivity (Wildman–Crippen MR) is 142 cm³/mol. The summed E-state index contributed by atoms with van der Waals surface area (Å²) in [5, 5.41) is 22.6. The first kappa shape index (κ1) is 24.2. The fraction of sp³-hybridized carbons (Fsp3) is 0.179. The first-order chi connectivity index (χ1) is 17.6. The van der Waals surface area contributed by atoms with Crippen LogP contribution in [0.25, 0.3) is 0 Å². The van der Waals surface area contributed by atoms with Crippen LogP contribution in [-0.2, 0) is 15.1 Å². The molecule has 0 aliphatic carbocycles. The van der Waals surface area contributed by atoms with Crippen molar-refractivity contribution in [3.8, 4) is 6.07 Å². The number of aliphatic carboxylic acids is 1. The topological polar surface area (TPSA) is 93.4 Å². The molecule has 5 rings (SSSR count). The summed E-state index contributed by atoms with van der Waals surface area (Å²) in [6, 6.07) is 31.1. The zero-order valence-corrected chi connectivity index (χ0v) is 20.8. The van der Waals surface area contributed by atoms with Crippen molar-refractivity contribution in [2.75, 3.05) is 11.5 Å². The molecule has 1 amide bonds. The zero-order chi connectivity index (χ0) is 25.1. The molecule has 1 saturated heterocycles. The average molecular weight is 514 g/mol. The van der Waals surface area contributed by atoms with Crippen molar-refractivity contribution in [1.29, 1.82) is 5.26 Å². The molecular formula is C28H23N3O3S2. The van der Waals surface area contributed by atoms with Crippen LogP contribution in [0.4, 0.5) is 0 Å². The molecule has 2 N–H and O–H groups in total. The van der Waals surface area contributed by atoms with Crippen LogP contribution < -0.4 is 5.32 Å². The van der Waals surface area contributed by atoms with Gasteiger partial charge in [-0.3, -0.25) is 15.0 Å². The maximum absolute atomic E-state index is 13.6. The van der Waals surface area contributed by atoms with Crippen molar-refractivity contribution in [3.05, 3.63) is 118 Å². The summed E-state index contributed by atoms with van der Waals surface area (Å²) in [6.07, 6.45) is 0. The van der Waals surface area contributed by atoms with E-state index in [2.05, 4.69) is 5.32 Å². The lowest BCUT2D eigenvalue weighted by molar-refractivity contribution is -0.152. The first-order valence-corrected chi connectivity index (χ1v) is 13.4. The summed E-state index contributed by atoms with van der Waals surface area (Å²) >= 11 is 2.57. The molecule has 2 unspecified atom stereocenters. The highest BCUT2D eigenvalue weighted by atomic mass is 32.2. The van der Waals surface area contributed by atoms with Gasteiger partial charge in [-0.2, -0.15) is 5.26 Å². The van der Waals surface area contributed by atoms with E-state index in [9.17, 15) is 14.7 Å². The van der Waals surface area contributed by atoms with Gasteiger partial charge in [0.05, 0.1) is 27.6 Å². The lowest BCUT2D eigenvalue weighted by atomic mass is 9.75. The molecule has 1 fully saturated rings. The van der Waals surface area contributed by atoms with E-state index in [1.54, 1.807) is 0 Å². The second-order valence-corrected chi connectivity index (χ2v) is 10.7. The number of carboxylic acids is 1. The molecule has 2 aliphatic rings. The minimum Gasteiger partial charge on any atom is -0.477 e. The number of β-lactam (4-membered cyclic amide) rings is 1. The van der Waals surface area contributed by atoms with Crippen molar-refractivity contribution in [2.45, 2.75) is 17.6 Å². The summed E-state index contributed by atoms with van der Waals surface area (Å²) in [6.45, 7) is 0. The lowest BCUT2D eigenvalue weighted by Gasteiger charge is -2.53. The number of carboxylic acid groups (broad SMARTS) is 1. The second kappa shape index (κ2) is 10.2. The van der Waals surface area contributed by atoms with Crippen molar-refractivity contribution in [2.24, 2.45) is 0 Å². The van der Waals surface area contributed by atoms with E-state index in [0.29, 0.717) is 9.99 Å². The predicted octanol–water partition coefficient (Wildman–Crippen LogP) is 4.40. The summed E-state index contributed by atoms with van der Waals surface area (Å²) < 4.78 is 0.507. The van der Waals surface area contributed by atoms with E-state index >= 15 is 0 Å². The Labute approximate surface area is 218 Å². The largest absolute Gasteiger partial charge is 0.477 e. The van der Waals surface area contributed by atoms with Gasteiger partial charge in [-0.1, -0.05) is 91.0 Å². The van der Waals surface area contributed by atoms with Crippen molar-refractivity contribution < 1.29 is 14.7 Å². The fourth-order valence-electron chi connectivity index (χ4n) is 4.92. The van der Waals surface area contributed by atoms with Crippen LogP contribution in [0.5, 0.6) is 0 Å². The Bertz CT molecular complexity index is 1240. The third-order valence-corrected chi connectivity index (χ3v) is 8.90. The number of nitrogens with one attached hydrogen (secondary N) is 1. The van der Waals surface area contributed by atoms with Gasteiger partial charge in [0.1, 0.15) is 6.04 Å². The molecule has 0 saturated carbocycles. The molecule has 0 radical (unpaired) electrons. The number of benzene rings is 3. The van der Waals surface area contributed by atoms with Crippen LogP contribution in [0.2, 0.25) is 0 Å². The summed E-state index contributed by atoms with van der Waals surface area (Å²) in [7, 11) is 0. The molecule has 2 atom stereocenters. The fourth-order valence-corrected chi connectivity index (χ4v) is 7.14. The number of carbonyl (C=O) groups is 2. The number of rotatable bonds is 8. The summed E-state index contributed by atoms with van der Waals surface area (Å²) in [5.41, 5.74) is 2.09. The maximum Gasteiger partial charge on any atom is 0.354 e. The molecule has 36 heavy (non-hydrogen) atoms. The Balaban J connectivity index is 1.60. The molecule has 3 aromatic carbocycles. The van der Waals surface area contributed by atoms with Crippen molar-refractivity contribution >= 4 is 35.4 Å². The summed E-state index contributed by atoms with van der Waals surface area (Å²) in [5.74, 6) is -0.755. The van der Waals surface area contributed by atoms with E-state index in [-0.39, 0.29) is 23.4 Å². The molecule has 0 bridgehead atoms. The van der Waals surface area contributed by atoms with E-state index in [4.69, 9.17) is 5.26 Å². The molecule has 0 spiro atoms. The number of hydrogen-bond donors (Lipinski definition) is 2. The molecule has 0 aromatic heterocycles. The number of amides is 1. The van der Waals surface area contributed by atoms with Gasteiger partial charge in [-0.05, 0) is 16.7 Å². The van der Waals surface area contributed by atoms with Crippen LogP contribution in [0.15, 0.2) is 101 Å². The van der Waals surface area contributed by atoms with Gasteiger partial charge in [0.2, 0.25) is 5.91 Å². The third kappa shape index (κ3) is 4.09. The molecule has 2 aliphatic heterocycles. The SMILES string of the molecule is N#CCSC1=C(C(=O)O)N2C(=O)C(NC(c3ccccc3)(c3ccccc3)c3ccccc3)C2CS1. The van der Waals surface area contributed by atoms with Gasteiger partial charge >= 0.3 is 5.97 Å². The monoisotopic (exact) mass is 513 g/mol. The van der Waals surface area contributed by atoms with Crippen LogP contribution in [0, 0.1) is 11.3 Å². The molecule has 6 nitrogen and oxygen atoms in total. The van der Waals surface area contributed by atoms with Crippen LogP contribution in [0.1, 0.15) is 16.7 Å². The highest BCUT2D eigenvalue weighted by molar-refractivity contribution is 8.22. The minimum absolute atomic E-state index is 0.0238. The number of fused-ring (bicyclic) bond motifs is 1.